The Bertz CT molecular complexity index is 322. The predicted molar refractivity (Wildman–Crippen MR) is 62.7 cm³/mol. The van der Waals surface area contributed by atoms with Crippen LogP contribution in [0.15, 0.2) is 16.7 Å². The van der Waals surface area contributed by atoms with E-state index in [1.54, 1.807) is 19.4 Å². The van der Waals surface area contributed by atoms with E-state index in [1.165, 1.54) is 0 Å². The first-order valence-corrected chi connectivity index (χ1v) is 5.24. The van der Waals surface area contributed by atoms with Gasteiger partial charge in [0.2, 0.25) is 0 Å². The third kappa shape index (κ3) is 3.65. The van der Waals surface area contributed by atoms with Crippen LogP contribution in [0.3, 0.4) is 0 Å². The lowest BCUT2D eigenvalue weighted by molar-refractivity contribution is 0.153. The van der Waals surface area contributed by atoms with Crippen LogP contribution in [0.4, 0.5) is 11.5 Å². The van der Waals surface area contributed by atoms with Gasteiger partial charge in [-0.2, -0.15) is 0 Å². The van der Waals surface area contributed by atoms with E-state index in [9.17, 15) is 0 Å². The van der Waals surface area contributed by atoms with Gasteiger partial charge in [0, 0.05) is 17.8 Å². The van der Waals surface area contributed by atoms with Crippen molar-refractivity contribution in [2.24, 2.45) is 0 Å². The minimum absolute atomic E-state index is 0.0367. The van der Waals surface area contributed by atoms with Crippen LogP contribution in [0.1, 0.15) is 0 Å². The van der Waals surface area contributed by atoms with E-state index in [-0.39, 0.29) is 12.6 Å². The molecule has 0 amide bonds. The Morgan fingerprint density at radius 3 is 3.00 bits per heavy atom. The molecule has 0 aliphatic carbocycles. The van der Waals surface area contributed by atoms with Crippen LogP contribution >= 0.6 is 15.9 Å². The van der Waals surface area contributed by atoms with Crippen LogP contribution in [0.25, 0.3) is 0 Å². The molecular weight excluding hydrogens is 262 g/mol. The van der Waals surface area contributed by atoms with Gasteiger partial charge in [-0.1, -0.05) is 0 Å². The molecule has 0 fully saturated rings. The predicted octanol–water partition coefficient (Wildman–Crippen LogP) is 0.845. The Labute approximate surface area is 96.8 Å². The summed E-state index contributed by atoms with van der Waals surface area (Å²) < 4.78 is 5.75. The molecule has 6 heteroatoms. The van der Waals surface area contributed by atoms with Gasteiger partial charge in [-0.15, -0.1) is 0 Å². The van der Waals surface area contributed by atoms with Gasteiger partial charge < -0.3 is 20.9 Å². The van der Waals surface area contributed by atoms with Crippen LogP contribution in [0.5, 0.6) is 0 Å². The fraction of sp³-hybridized carbons (Fsp3) is 0.444. The molecule has 4 N–H and O–H groups in total. The zero-order valence-corrected chi connectivity index (χ0v) is 9.99. The monoisotopic (exact) mass is 275 g/mol. The molecule has 1 heterocycles. The molecule has 1 aromatic heterocycles. The molecule has 0 saturated carbocycles. The molecule has 84 valence electrons. The number of hydrogen-bond donors (Lipinski definition) is 3. The van der Waals surface area contributed by atoms with E-state index >= 15 is 0 Å². The average Bonchev–Trinajstić information content (AvgIpc) is 2.21. The number of ether oxygens (including phenoxy) is 1. The highest BCUT2D eigenvalue weighted by Crippen LogP contribution is 2.20. The largest absolute Gasteiger partial charge is 0.396 e. The molecule has 0 aromatic carbocycles. The van der Waals surface area contributed by atoms with Crippen LogP contribution < -0.4 is 11.1 Å². The highest BCUT2D eigenvalue weighted by molar-refractivity contribution is 9.10. The highest BCUT2D eigenvalue weighted by atomic mass is 79.9. The fourth-order valence-corrected chi connectivity index (χ4v) is 1.46. The molecule has 1 aromatic rings. The van der Waals surface area contributed by atoms with Crippen molar-refractivity contribution in [3.63, 3.8) is 0 Å². The number of nitrogens with zero attached hydrogens (tertiary/aromatic N) is 1. The molecule has 0 bridgehead atoms. The molecule has 5 nitrogen and oxygen atoms in total. The summed E-state index contributed by atoms with van der Waals surface area (Å²) in [5, 5.41) is 12.0. The van der Waals surface area contributed by atoms with Gasteiger partial charge in [-0.05, 0) is 22.0 Å². The van der Waals surface area contributed by atoms with Gasteiger partial charge in [-0.25, -0.2) is 4.98 Å². The molecule has 1 atom stereocenters. The zero-order chi connectivity index (χ0) is 11.3. The number of nitrogen functional groups attached to an aromatic ring is 1. The van der Waals surface area contributed by atoms with Crippen molar-refractivity contribution in [2.75, 3.05) is 31.4 Å². The molecule has 0 saturated heterocycles. The highest BCUT2D eigenvalue weighted by Gasteiger charge is 2.09. The van der Waals surface area contributed by atoms with Gasteiger partial charge in [-0.3, -0.25) is 0 Å². The lowest BCUT2D eigenvalue weighted by atomic mass is 10.3. The smallest absolute Gasteiger partial charge is 0.149 e. The SMILES string of the molecule is COCC(CO)Nc1ncc(Br)cc1N. The second-order valence-corrected chi connectivity index (χ2v) is 3.99. The summed E-state index contributed by atoms with van der Waals surface area (Å²) >= 11 is 3.27. The van der Waals surface area contributed by atoms with Crippen molar-refractivity contribution in [1.82, 2.24) is 4.98 Å². The van der Waals surface area contributed by atoms with E-state index < -0.39 is 0 Å². The number of anilines is 2. The van der Waals surface area contributed by atoms with E-state index in [0.717, 1.165) is 4.47 Å². The van der Waals surface area contributed by atoms with Gasteiger partial charge >= 0.3 is 0 Å². The van der Waals surface area contributed by atoms with Crippen molar-refractivity contribution in [3.05, 3.63) is 16.7 Å². The number of aliphatic hydroxyl groups is 1. The van der Waals surface area contributed by atoms with Crippen LogP contribution in [0.2, 0.25) is 0 Å². The topological polar surface area (TPSA) is 80.4 Å². The number of aliphatic hydroxyl groups excluding tert-OH is 1. The molecule has 0 aliphatic rings. The number of nitrogens with two attached hydrogens (primary N) is 1. The quantitative estimate of drug-likeness (QED) is 0.742. The van der Waals surface area contributed by atoms with Gasteiger partial charge in [0.25, 0.3) is 0 Å². The molecular formula is C9H14BrN3O2. The minimum atomic E-state index is -0.203. The summed E-state index contributed by atoms with van der Waals surface area (Å²) in [6.07, 6.45) is 1.64. The Morgan fingerprint density at radius 2 is 2.47 bits per heavy atom. The van der Waals surface area contributed by atoms with Crippen molar-refractivity contribution in [1.29, 1.82) is 0 Å². The Kier molecular flexibility index (Phi) is 4.80. The minimum Gasteiger partial charge on any atom is -0.396 e. The summed E-state index contributed by atoms with van der Waals surface area (Å²) in [4.78, 5) is 4.10. The second kappa shape index (κ2) is 5.89. The first kappa shape index (κ1) is 12.2. The van der Waals surface area contributed by atoms with Crippen molar-refractivity contribution >= 4 is 27.4 Å². The maximum absolute atomic E-state index is 9.04. The summed E-state index contributed by atoms with van der Waals surface area (Å²) in [6, 6.07) is 1.54. The lowest BCUT2D eigenvalue weighted by Gasteiger charge is -2.16. The average molecular weight is 276 g/mol. The Morgan fingerprint density at radius 1 is 1.73 bits per heavy atom. The molecule has 0 spiro atoms. The number of pyridine rings is 1. The number of nitrogens with one attached hydrogen (secondary N) is 1. The normalized spacial score (nSPS) is 12.5. The van der Waals surface area contributed by atoms with Gasteiger partial charge in [0.1, 0.15) is 5.82 Å². The maximum atomic E-state index is 9.04. The molecule has 15 heavy (non-hydrogen) atoms. The molecule has 0 radical (unpaired) electrons. The molecule has 1 unspecified atom stereocenters. The molecule has 0 aliphatic heterocycles. The molecule has 1 rings (SSSR count). The number of aromatic nitrogens is 1. The Balaban J connectivity index is 2.70. The van der Waals surface area contributed by atoms with E-state index in [0.29, 0.717) is 18.1 Å². The van der Waals surface area contributed by atoms with E-state index in [1.807, 2.05) is 0 Å². The summed E-state index contributed by atoms with van der Waals surface area (Å²) in [7, 11) is 1.57. The van der Waals surface area contributed by atoms with Crippen molar-refractivity contribution in [2.45, 2.75) is 6.04 Å². The summed E-state index contributed by atoms with van der Waals surface area (Å²) in [5.74, 6) is 0.550. The maximum Gasteiger partial charge on any atom is 0.149 e. The van der Waals surface area contributed by atoms with Crippen LogP contribution in [-0.2, 0) is 4.74 Å². The van der Waals surface area contributed by atoms with Gasteiger partial charge in [0.05, 0.1) is 24.9 Å². The van der Waals surface area contributed by atoms with E-state index in [2.05, 4.69) is 26.2 Å². The third-order valence-corrected chi connectivity index (χ3v) is 2.25. The van der Waals surface area contributed by atoms with Crippen molar-refractivity contribution in [3.8, 4) is 0 Å². The summed E-state index contributed by atoms with van der Waals surface area (Å²) in [6.45, 7) is 0.360. The lowest BCUT2D eigenvalue weighted by Crippen LogP contribution is -2.29. The fourth-order valence-electron chi connectivity index (χ4n) is 1.11. The standard InChI is InChI=1S/C9H14BrN3O2/c1-15-5-7(4-14)13-9-8(11)2-6(10)3-12-9/h2-3,7,14H,4-5,11H2,1H3,(H,12,13). The number of methoxy groups -OCH3 is 1. The van der Waals surface area contributed by atoms with Crippen LogP contribution in [0, 0.1) is 0 Å². The Hall–Kier alpha value is -0.850. The van der Waals surface area contributed by atoms with E-state index in [4.69, 9.17) is 15.6 Å². The first-order chi connectivity index (χ1) is 7.17. The third-order valence-electron chi connectivity index (χ3n) is 1.81. The number of hydrogen-bond acceptors (Lipinski definition) is 5. The number of rotatable bonds is 5. The van der Waals surface area contributed by atoms with Crippen molar-refractivity contribution < 1.29 is 9.84 Å². The number of halogens is 1. The zero-order valence-electron chi connectivity index (χ0n) is 8.40. The van der Waals surface area contributed by atoms with Crippen LogP contribution in [-0.4, -0.2) is 36.5 Å². The first-order valence-electron chi connectivity index (χ1n) is 4.44. The summed E-state index contributed by atoms with van der Waals surface area (Å²) in [5.41, 5.74) is 6.27. The second-order valence-electron chi connectivity index (χ2n) is 3.07. The van der Waals surface area contributed by atoms with Gasteiger partial charge in [0.15, 0.2) is 0 Å².